The van der Waals surface area contributed by atoms with Gasteiger partial charge in [-0.3, -0.25) is 9.59 Å². The van der Waals surface area contributed by atoms with Crippen LogP contribution >= 0.6 is 0 Å². The predicted octanol–water partition coefficient (Wildman–Crippen LogP) is 0.799. The van der Waals surface area contributed by atoms with Gasteiger partial charge in [0.05, 0.1) is 5.41 Å². The Hall–Kier alpha value is -1.79. The number of carboxylic acids is 1. The van der Waals surface area contributed by atoms with Crippen LogP contribution in [0.4, 0.5) is 4.79 Å². The van der Waals surface area contributed by atoms with Crippen LogP contribution in [0, 0.1) is 5.41 Å². The number of rotatable bonds is 5. The molecule has 0 aromatic carbocycles. The normalized spacial score (nSPS) is 17.4. The highest BCUT2D eigenvalue weighted by atomic mass is 16.4. The van der Waals surface area contributed by atoms with Crippen molar-refractivity contribution < 1.29 is 19.5 Å². The Morgan fingerprint density at radius 2 is 1.71 bits per heavy atom. The van der Waals surface area contributed by atoms with Gasteiger partial charge in [-0.25, -0.2) is 4.79 Å². The standard InChI is InChI=1S/C14H25N3O4/c1-15-11(18)9-17(2)13(21)16-10-14(12(19)20)7-5-3-4-6-8-14/h3-10H2,1-2H3,(H,15,18)(H,16,21)(H,19,20). The Kier molecular flexibility index (Phi) is 6.45. The summed E-state index contributed by atoms with van der Waals surface area (Å²) in [6.07, 6.45) is 5.00. The van der Waals surface area contributed by atoms with Crippen LogP contribution < -0.4 is 10.6 Å². The second-order valence-corrected chi connectivity index (χ2v) is 5.69. The average molecular weight is 299 g/mol. The van der Waals surface area contributed by atoms with Crippen molar-refractivity contribution in [1.82, 2.24) is 15.5 Å². The Morgan fingerprint density at radius 3 is 2.19 bits per heavy atom. The van der Waals surface area contributed by atoms with Gasteiger partial charge in [-0.2, -0.15) is 0 Å². The topological polar surface area (TPSA) is 98.7 Å². The van der Waals surface area contributed by atoms with Gasteiger partial charge in [0.1, 0.15) is 6.54 Å². The lowest BCUT2D eigenvalue weighted by atomic mass is 9.80. The highest BCUT2D eigenvalue weighted by Crippen LogP contribution is 2.34. The van der Waals surface area contributed by atoms with Crippen LogP contribution in [0.5, 0.6) is 0 Å². The van der Waals surface area contributed by atoms with E-state index in [9.17, 15) is 19.5 Å². The zero-order chi connectivity index (χ0) is 15.9. The van der Waals surface area contributed by atoms with E-state index < -0.39 is 17.4 Å². The molecule has 0 saturated heterocycles. The highest BCUT2D eigenvalue weighted by Gasteiger charge is 2.39. The molecule has 120 valence electrons. The van der Waals surface area contributed by atoms with Crippen LogP contribution in [-0.2, 0) is 9.59 Å². The number of amides is 3. The van der Waals surface area contributed by atoms with Crippen LogP contribution in [0.3, 0.4) is 0 Å². The third-order valence-corrected chi connectivity index (χ3v) is 4.10. The van der Waals surface area contributed by atoms with Crippen molar-refractivity contribution in [2.75, 3.05) is 27.2 Å². The molecule has 0 spiro atoms. The van der Waals surface area contributed by atoms with Crippen LogP contribution in [0.15, 0.2) is 0 Å². The number of hydrogen-bond donors (Lipinski definition) is 3. The summed E-state index contributed by atoms with van der Waals surface area (Å²) < 4.78 is 0. The monoisotopic (exact) mass is 299 g/mol. The van der Waals surface area contributed by atoms with Gasteiger partial charge in [0, 0.05) is 20.6 Å². The molecule has 0 bridgehead atoms. The van der Waals surface area contributed by atoms with Crippen LogP contribution in [0.25, 0.3) is 0 Å². The Balaban J connectivity index is 2.58. The summed E-state index contributed by atoms with van der Waals surface area (Å²) in [6, 6.07) is -0.427. The maximum Gasteiger partial charge on any atom is 0.317 e. The minimum absolute atomic E-state index is 0.0532. The van der Waals surface area contributed by atoms with E-state index in [0.717, 1.165) is 25.7 Å². The first-order valence-electron chi connectivity index (χ1n) is 7.34. The number of carbonyl (C=O) groups excluding carboxylic acids is 2. The first kappa shape index (κ1) is 17.3. The Labute approximate surface area is 125 Å². The molecule has 1 rings (SSSR count). The van der Waals surface area contributed by atoms with Crippen molar-refractivity contribution in [3.05, 3.63) is 0 Å². The third kappa shape index (κ3) is 4.91. The van der Waals surface area contributed by atoms with E-state index in [1.807, 2.05) is 0 Å². The van der Waals surface area contributed by atoms with E-state index in [1.54, 1.807) is 0 Å². The number of aliphatic carboxylic acids is 1. The van der Waals surface area contributed by atoms with Gasteiger partial charge in [-0.15, -0.1) is 0 Å². The molecule has 0 unspecified atom stereocenters. The lowest BCUT2D eigenvalue weighted by Crippen LogP contribution is -2.48. The number of nitrogens with one attached hydrogen (secondary N) is 2. The highest BCUT2D eigenvalue weighted by molar-refractivity contribution is 5.84. The molecule has 1 saturated carbocycles. The first-order chi connectivity index (χ1) is 9.91. The molecule has 21 heavy (non-hydrogen) atoms. The molecule has 0 atom stereocenters. The zero-order valence-corrected chi connectivity index (χ0v) is 12.8. The summed E-state index contributed by atoms with van der Waals surface area (Å²) in [5.74, 6) is -1.12. The smallest absolute Gasteiger partial charge is 0.317 e. The zero-order valence-electron chi connectivity index (χ0n) is 12.8. The first-order valence-corrected chi connectivity index (χ1v) is 7.34. The molecule has 1 fully saturated rings. The fraction of sp³-hybridized carbons (Fsp3) is 0.786. The molecule has 0 aromatic rings. The van der Waals surface area contributed by atoms with Crippen molar-refractivity contribution in [3.8, 4) is 0 Å². The van der Waals surface area contributed by atoms with Gasteiger partial charge in [-0.05, 0) is 12.8 Å². The van der Waals surface area contributed by atoms with E-state index in [1.165, 1.54) is 19.0 Å². The molecule has 7 heteroatoms. The molecular formula is C14H25N3O4. The quantitative estimate of drug-likeness (QED) is 0.654. The molecule has 0 aliphatic heterocycles. The van der Waals surface area contributed by atoms with Gasteiger partial charge in [0.2, 0.25) is 5.91 Å². The lowest BCUT2D eigenvalue weighted by molar-refractivity contribution is -0.149. The minimum Gasteiger partial charge on any atom is -0.481 e. The average Bonchev–Trinajstić information content (AvgIpc) is 2.71. The predicted molar refractivity (Wildman–Crippen MR) is 77.9 cm³/mol. The Bertz CT molecular complexity index is 390. The van der Waals surface area contributed by atoms with E-state index in [-0.39, 0.29) is 19.0 Å². The van der Waals surface area contributed by atoms with E-state index in [4.69, 9.17) is 0 Å². The van der Waals surface area contributed by atoms with Crippen molar-refractivity contribution in [2.45, 2.75) is 38.5 Å². The van der Waals surface area contributed by atoms with E-state index in [0.29, 0.717) is 12.8 Å². The van der Waals surface area contributed by atoms with Crippen molar-refractivity contribution in [2.24, 2.45) is 5.41 Å². The van der Waals surface area contributed by atoms with Crippen molar-refractivity contribution in [3.63, 3.8) is 0 Å². The lowest BCUT2D eigenvalue weighted by Gasteiger charge is -2.29. The molecule has 7 nitrogen and oxygen atoms in total. The molecular weight excluding hydrogens is 274 g/mol. The van der Waals surface area contributed by atoms with Crippen LogP contribution in [0.1, 0.15) is 38.5 Å². The molecule has 3 amide bonds. The van der Waals surface area contributed by atoms with E-state index in [2.05, 4.69) is 10.6 Å². The number of likely N-dealkylation sites (N-methyl/N-ethyl adjacent to an activating group) is 2. The maximum absolute atomic E-state index is 11.9. The second kappa shape index (κ2) is 7.85. The SMILES string of the molecule is CNC(=O)CN(C)C(=O)NCC1(C(=O)O)CCCCCC1. The number of hydrogen-bond acceptors (Lipinski definition) is 3. The summed E-state index contributed by atoms with van der Waals surface area (Å²) in [4.78, 5) is 36.0. The van der Waals surface area contributed by atoms with Crippen LogP contribution in [-0.4, -0.2) is 55.1 Å². The minimum atomic E-state index is -0.875. The largest absolute Gasteiger partial charge is 0.481 e. The maximum atomic E-state index is 11.9. The molecule has 0 radical (unpaired) electrons. The number of carboxylic acid groups (broad SMARTS) is 1. The van der Waals surface area contributed by atoms with Crippen LogP contribution in [0.2, 0.25) is 0 Å². The van der Waals surface area contributed by atoms with Crippen molar-refractivity contribution >= 4 is 17.9 Å². The molecule has 1 aliphatic carbocycles. The Morgan fingerprint density at radius 1 is 1.14 bits per heavy atom. The summed E-state index contributed by atoms with van der Waals surface area (Å²) >= 11 is 0. The second-order valence-electron chi connectivity index (χ2n) is 5.69. The molecule has 0 aromatic heterocycles. The molecule has 0 heterocycles. The summed E-state index contributed by atoms with van der Waals surface area (Å²) in [5.41, 5.74) is -0.875. The fourth-order valence-electron chi connectivity index (χ4n) is 2.62. The number of nitrogens with zero attached hydrogens (tertiary/aromatic N) is 1. The number of carbonyl (C=O) groups is 3. The number of urea groups is 1. The van der Waals surface area contributed by atoms with Gasteiger partial charge in [0.15, 0.2) is 0 Å². The third-order valence-electron chi connectivity index (χ3n) is 4.10. The van der Waals surface area contributed by atoms with Gasteiger partial charge in [-0.1, -0.05) is 25.7 Å². The molecule has 3 N–H and O–H groups in total. The summed E-state index contributed by atoms with van der Waals surface area (Å²) in [6.45, 7) is 0.0572. The summed E-state index contributed by atoms with van der Waals surface area (Å²) in [5, 5.41) is 14.6. The van der Waals surface area contributed by atoms with Crippen molar-refractivity contribution in [1.29, 1.82) is 0 Å². The van der Waals surface area contributed by atoms with E-state index >= 15 is 0 Å². The molecule has 1 aliphatic rings. The van der Waals surface area contributed by atoms with Gasteiger partial charge in [0.25, 0.3) is 0 Å². The van der Waals surface area contributed by atoms with Gasteiger partial charge >= 0.3 is 12.0 Å². The fourth-order valence-corrected chi connectivity index (χ4v) is 2.62. The summed E-state index contributed by atoms with van der Waals surface area (Å²) in [7, 11) is 3.00. The van der Waals surface area contributed by atoms with Gasteiger partial charge < -0.3 is 20.6 Å².